The monoisotopic (exact) mass is 303 g/mol. The van der Waals surface area contributed by atoms with Crippen molar-refractivity contribution in [3.8, 4) is 0 Å². The first-order valence-corrected chi connectivity index (χ1v) is 8.41. The lowest BCUT2D eigenvalue weighted by atomic mass is 9.88. The van der Waals surface area contributed by atoms with Crippen LogP contribution in [0.2, 0.25) is 0 Å². The van der Waals surface area contributed by atoms with E-state index in [4.69, 9.17) is 5.73 Å². The maximum atomic E-state index is 11.7. The number of hydrogen-bond acceptors (Lipinski definition) is 3. The minimum Gasteiger partial charge on any atom is -0.351 e. The molecule has 0 saturated heterocycles. The summed E-state index contributed by atoms with van der Waals surface area (Å²) < 4.78 is 0. The normalized spacial score (nSPS) is 22.0. The van der Waals surface area contributed by atoms with E-state index >= 15 is 0 Å². The summed E-state index contributed by atoms with van der Waals surface area (Å²) in [6.07, 6.45) is 4.61. The summed E-state index contributed by atoms with van der Waals surface area (Å²) in [6, 6.07) is 11.6. The number of amides is 1. The molecule has 1 amide bonds. The largest absolute Gasteiger partial charge is 0.351 e. The average molecular weight is 303 g/mol. The van der Waals surface area contributed by atoms with E-state index in [1.54, 1.807) is 0 Å². The molecule has 1 aromatic carbocycles. The minimum absolute atomic E-state index is 0.0414. The zero-order valence-corrected chi connectivity index (χ0v) is 13.8. The van der Waals surface area contributed by atoms with Gasteiger partial charge in [0.1, 0.15) is 0 Å². The summed E-state index contributed by atoms with van der Waals surface area (Å²) >= 11 is 0. The van der Waals surface area contributed by atoms with Crippen molar-refractivity contribution in [3.63, 3.8) is 0 Å². The lowest BCUT2D eigenvalue weighted by Crippen LogP contribution is -2.55. The Morgan fingerprint density at radius 3 is 2.59 bits per heavy atom. The van der Waals surface area contributed by atoms with Crippen LogP contribution in [0.15, 0.2) is 30.3 Å². The lowest BCUT2D eigenvalue weighted by molar-refractivity contribution is -0.121. The summed E-state index contributed by atoms with van der Waals surface area (Å²) in [5, 5.41) is 3.13. The predicted molar refractivity (Wildman–Crippen MR) is 90.4 cm³/mol. The highest BCUT2D eigenvalue weighted by Gasteiger charge is 2.32. The molecule has 4 heteroatoms. The second-order valence-electron chi connectivity index (χ2n) is 6.48. The van der Waals surface area contributed by atoms with Crippen LogP contribution in [-0.4, -0.2) is 35.5 Å². The summed E-state index contributed by atoms with van der Waals surface area (Å²) in [5.41, 5.74) is 6.79. The Labute approximate surface area is 134 Å². The van der Waals surface area contributed by atoms with Crippen LogP contribution in [-0.2, 0) is 11.3 Å². The Balaban J connectivity index is 2.11. The topological polar surface area (TPSA) is 58.4 Å². The van der Waals surface area contributed by atoms with Gasteiger partial charge in [0.25, 0.3) is 0 Å². The molecule has 122 valence electrons. The van der Waals surface area contributed by atoms with Gasteiger partial charge >= 0.3 is 0 Å². The fourth-order valence-corrected chi connectivity index (χ4v) is 3.42. The average Bonchev–Trinajstić information content (AvgIpc) is 2.54. The van der Waals surface area contributed by atoms with Crippen molar-refractivity contribution in [3.05, 3.63) is 35.9 Å². The van der Waals surface area contributed by atoms with Crippen molar-refractivity contribution < 1.29 is 4.79 Å². The molecule has 0 spiro atoms. The van der Waals surface area contributed by atoms with Crippen molar-refractivity contribution in [1.82, 2.24) is 10.2 Å². The molecule has 0 radical (unpaired) electrons. The van der Waals surface area contributed by atoms with Crippen LogP contribution < -0.4 is 11.1 Å². The Morgan fingerprint density at radius 1 is 1.27 bits per heavy atom. The van der Waals surface area contributed by atoms with E-state index in [9.17, 15) is 4.79 Å². The number of rotatable bonds is 6. The van der Waals surface area contributed by atoms with Gasteiger partial charge in [-0.15, -0.1) is 0 Å². The minimum atomic E-state index is -0.0414. The molecule has 4 nitrogen and oxygen atoms in total. The first-order chi connectivity index (χ1) is 10.6. The highest BCUT2D eigenvalue weighted by Crippen LogP contribution is 2.26. The molecule has 0 aliphatic heterocycles. The van der Waals surface area contributed by atoms with Crippen LogP contribution in [0.1, 0.15) is 45.1 Å². The second-order valence-corrected chi connectivity index (χ2v) is 6.48. The zero-order chi connectivity index (χ0) is 15.9. The molecule has 22 heavy (non-hydrogen) atoms. The van der Waals surface area contributed by atoms with Gasteiger partial charge < -0.3 is 11.1 Å². The molecule has 1 aromatic rings. The van der Waals surface area contributed by atoms with Crippen LogP contribution in [0, 0.1) is 0 Å². The summed E-state index contributed by atoms with van der Waals surface area (Å²) in [4.78, 5) is 14.2. The van der Waals surface area contributed by atoms with Gasteiger partial charge in [-0.1, -0.05) is 43.2 Å². The van der Waals surface area contributed by atoms with Gasteiger partial charge in [-0.2, -0.15) is 0 Å². The maximum Gasteiger partial charge on any atom is 0.234 e. The molecular formula is C18H29N3O. The Kier molecular flexibility index (Phi) is 6.40. The quantitative estimate of drug-likeness (QED) is 0.847. The van der Waals surface area contributed by atoms with E-state index in [1.807, 2.05) is 6.07 Å². The lowest BCUT2D eigenvalue weighted by Gasteiger charge is -2.42. The Morgan fingerprint density at radius 2 is 1.95 bits per heavy atom. The Hall–Kier alpha value is -1.39. The zero-order valence-electron chi connectivity index (χ0n) is 13.8. The first kappa shape index (κ1) is 17.0. The smallest absolute Gasteiger partial charge is 0.234 e. The number of nitrogens with one attached hydrogen (secondary N) is 1. The van der Waals surface area contributed by atoms with Crippen LogP contribution in [0.25, 0.3) is 0 Å². The number of carbonyl (C=O) groups is 1. The number of nitrogens with zero attached hydrogens (tertiary/aromatic N) is 1. The van der Waals surface area contributed by atoms with E-state index < -0.39 is 0 Å². The van der Waals surface area contributed by atoms with Crippen LogP contribution in [0.4, 0.5) is 0 Å². The molecule has 1 aliphatic rings. The van der Waals surface area contributed by atoms with Gasteiger partial charge in [-0.05, 0) is 32.3 Å². The number of benzene rings is 1. The van der Waals surface area contributed by atoms with Gasteiger partial charge in [0.2, 0.25) is 5.91 Å². The number of carbonyl (C=O) groups excluding carboxylic acids is 1. The third-order valence-electron chi connectivity index (χ3n) is 4.56. The van der Waals surface area contributed by atoms with Crippen LogP contribution >= 0.6 is 0 Å². The SMILES string of the molecule is CC(C)N(Cc1ccccc1)C1CCCCC1NC(=O)CN. The molecule has 2 rings (SSSR count). The van der Waals surface area contributed by atoms with E-state index in [0.717, 1.165) is 19.4 Å². The molecule has 2 atom stereocenters. The number of hydrogen-bond donors (Lipinski definition) is 2. The third kappa shape index (κ3) is 4.55. The van der Waals surface area contributed by atoms with E-state index in [0.29, 0.717) is 12.1 Å². The molecule has 0 heterocycles. The van der Waals surface area contributed by atoms with Gasteiger partial charge in [0.15, 0.2) is 0 Å². The highest BCUT2D eigenvalue weighted by molar-refractivity contribution is 5.78. The van der Waals surface area contributed by atoms with Gasteiger partial charge in [0, 0.05) is 24.7 Å². The maximum absolute atomic E-state index is 11.7. The first-order valence-electron chi connectivity index (χ1n) is 8.41. The van der Waals surface area contributed by atoms with Crippen molar-refractivity contribution in [1.29, 1.82) is 0 Å². The van der Waals surface area contributed by atoms with Crippen molar-refractivity contribution in [2.75, 3.05) is 6.54 Å². The molecule has 0 bridgehead atoms. The van der Waals surface area contributed by atoms with Gasteiger partial charge in [0.05, 0.1) is 6.54 Å². The van der Waals surface area contributed by atoms with E-state index in [2.05, 4.69) is 48.3 Å². The predicted octanol–water partition coefficient (Wildman–Crippen LogP) is 2.28. The van der Waals surface area contributed by atoms with E-state index in [-0.39, 0.29) is 18.5 Å². The summed E-state index contributed by atoms with van der Waals surface area (Å²) in [6.45, 7) is 5.47. The van der Waals surface area contributed by atoms with Crippen molar-refractivity contribution in [2.45, 2.75) is 64.2 Å². The fourth-order valence-electron chi connectivity index (χ4n) is 3.42. The molecule has 0 aromatic heterocycles. The molecule has 1 saturated carbocycles. The Bertz CT molecular complexity index is 461. The number of nitrogens with two attached hydrogens (primary N) is 1. The molecule has 1 aliphatic carbocycles. The molecule has 3 N–H and O–H groups in total. The second kappa shape index (κ2) is 8.30. The standard InChI is InChI=1S/C18H29N3O/c1-14(2)21(13-15-8-4-3-5-9-15)17-11-7-6-10-16(17)20-18(22)12-19/h3-5,8-9,14,16-17H,6-7,10-13,19H2,1-2H3,(H,20,22). The van der Waals surface area contributed by atoms with E-state index in [1.165, 1.54) is 18.4 Å². The van der Waals surface area contributed by atoms with Gasteiger partial charge in [-0.3, -0.25) is 9.69 Å². The molecular weight excluding hydrogens is 274 g/mol. The molecule has 1 fully saturated rings. The van der Waals surface area contributed by atoms with Crippen molar-refractivity contribution >= 4 is 5.91 Å². The van der Waals surface area contributed by atoms with Gasteiger partial charge in [-0.25, -0.2) is 0 Å². The third-order valence-corrected chi connectivity index (χ3v) is 4.56. The highest BCUT2D eigenvalue weighted by atomic mass is 16.1. The molecule has 2 unspecified atom stereocenters. The summed E-state index contributed by atoms with van der Waals surface area (Å²) in [7, 11) is 0. The summed E-state index contributed by atoms with van der Waals surface area (Å²) in [5.74, 6) is -0.0414. The van der Waals surface area contributed by atoms with Crippen molar-refractivity contribution in [2.24, 2.45) is 5.73 Å². The van der Waals surface area contributed by atoms with Crippen LogP contribution in [0.5, 0.6) is 0 Å². The van der Waals surface area contributed by atoms with Crippen LogP contribution in [0.3, 0.4) is 0 Å². The fraction of sp³-hybridized carbons (Fsp3) is 0.611.